The third-order valence-electron chi connectivity index (χ3n) is 5.59. The van der Waals surface area contributed by atoms with Crippen molar-refractivity contribution in [2.75, 3.05) is 23.3 Å². The summed E-state index contributed by atoms with van der Waals surface area (Å²) in [4.78, 5) is 27.7. The minimum Gasteiger partial charge on any atom is -0.369 e. The van der Waals surface area contributed by atoms with E-state index in [1.165, 1.54) is 5.69 Å². The van der Waals surface area contributed by atoms with E-state index >= 15 is 0 Å². The molecule has 31 heavy (non-hydrogen) atoms. The first-order valence-electron chi connectivity index (χ1n) is 10.6. The van der Waals surface area contributed by atoms with E-state index in [9.17, 15) is 9.59 Å². The van der Waals surface area contributed by atoms with Crippen molar-refractivity contribution < 1.29 is 9.59 Å². The van der Waals surface area contributed by atoms with Gasteiger partial charge >= 0.3 is 0 Å². The van der Waals surface area contributed by atoms with Crippen molar-refractivity contribution in [3.8, 4) is 0 Å². The number of nitrogens with zero attached hydrogens (tertiary/aromatic N) is 3. The lowest BCUT2D eigenvalue weighted by Crippen LogP contribution is -2.37. The van der Waals surface area contributed by atoms with Crippen molar-refractivity contribution in [3.05, 3.63) is 77.6 Å². The second kappa shape index (κ2) is 9.04. The largest absolute Gasteiger partial charge is 0.369 e. The van der Waals surface area contributed by atoms with Crippen LogP contribution in [-0.4, -0.2) is 40.7 Å². The van der Waals surface area contributed by atoms with E-state index in [-0.39, 0.29) is 17.9 Å². The van der Waals surface area contributed by atoms with Crippen molar-refractivity contribution in [2.24, 2.45) is 0 Å². The molecule has 7 nitrogen and oxygen atoms in total. The summed E-state index contributed by atoms with van der Waals surface area (Å²) in [6, 6.07) is 17.4. The van der Waals surface area contributed by atoms with Crippen LogP contribution in [0.5, 0.6) is 0 Å². The molecule has 0 bridgehead atoms. The number of carbonyl (C=O) groups is 2. The molecule has 1 unspecified atom stereocenters. The van der Waals surface area contributed by atoms with Crippen molar-refractivity contribution in [3.63, 3.8) is 0 Å². The Morgan fingerprint density at radius 2 is 1.90 bits per heavy atom. The van der Waals surface area contributed by atoms with Crippen LogP contribution in [0.1, 0.15) is 39.8 Å². The molecular weight excluding hydrogens is 390 g/mol. The second-order valence-corrected chi connectivity index (χ2v) is 7.78. The molecule has 4 rings (SSSR count). The van der Waals surface area contributed by atoms with E-state index in [4.69, 9.17) is 0 Å². The Kier molecular flexibility index (Phi) is 6.02. The Bertz CT molecular complexity index is 1080. The molecule has 2 amide bonds. The molecule has 160 valence electrons. The maximum Gasteiger partial charge on any atom is 0.276 e. The summed E-state index contributed by atoms with van der Waals surface area (Å²) in [6.45, 7) is 6.26. The minimum absolute atomic E-state index is 0.0880. The number of amides is 2. The van der Waals surface area contributed by atoms with Gasteiger partial charge in [0.2, 0.25) is 0 Å². The Hall–Kier alpha value is -3.61. The first kappa shape index (κ1) is 20.7. The number of aryl methyl sites for hydroxylation is 2. The Labute approximate surface area is 182 Å². The summed E-state index contributed by atoms with van der Waals surface area (Å²) in [5.41, 5.74) is 3.54. The van der Waals surface area contributed by atoms with Gasteiger partial charge in [0.1, 0.15) is 0 Å². The summed E-state index contributed by atoms with van der Waals surface area (Å²) in [5.74, 6) is -0.423. The van der Waals surface area contributed by atoms with Gasteiger partial charge in [0, 0.05) is 48.8 Å². The van der Waals surface area contributed by atoms with E-state index in [0.717, 1.165) is 25.1 Å². The smallest absolute Gasteiger partial charge is 0.276 e. The van der Waals surface area contributed by atoms with Crippen molar-refractivity contribution >= 4 is 23.2 Å². The molecule has 7 heteroatoms. The minimum atomic E-state index is -0.290. The number of aromatic nitrogens is 2. The Balaban J connectivity index is 1.40. The lowest BCUT2D eigenvalue weighted by molar-refractivity contribution is 0.0939. The molecule has 1 fully saturated rings. The molecule has 2 heterocycles. The predicted molar refractivity (Wildman–Crippen MR) is 122 cm³/mol. The average Bonchev–Trinajstić information content (AvgIpc) is 3.45. The van der Waals surface area contributed by atoms with Gasteiger partial charge in [0.25, 0.3) is 11.8 Å². The standard InChI is InChI=1S/C24H27N5O2/c1-3-29-14-12-21(27-29)24(31)26-22-15-18(10-9-17(22)2)23(30)25-19-11-13-28(16-19)20-7-5-4-6-8-20/h4-10,12,14-15,19H,3,11,13,16H2,1-2H3,(H,25,30)(H,26,31). The Morgan fingerprint density at radius 3 is 2.65 bits per heavy atom. The van der Waals surface area contributed by atoms with Gasteiger partial charge in [0.15, 0.2) is 5.69 Å². The zero-order valence-electron chi connectivity index (χ0n) is 17.8. The van der Waals surface area contributed by atoms with Crippen LogP contribution in [0.15, 0.2) is 60.8 Å². The zero-order chi connectivity index (χ0) is 21.8. The summed E-state index contributed by atoms with van der Waals surface area (Å²) in [5, 5.41) is 10.2. The maximum atomic E-state index is 12.8. The molecule has 1 saturated heterocycles. The summed E-state index contributed by atoms with van der Waals surface area (Å²) in [6.07, 6.45) is 2.67. The molecule has 1 atom stereocenters. The third kappa shape index (κ3) is 4.77. The zero-order valence-corrected chi connectivity index (χ0v) is 17.8. The Morgan fingerprint density at radius 1 is 1.10 bits per heavy atom. The molecule has 1 aliphatic heterocycles. The third-order valence-corrected chi connectivity index (χ3v) is 5.59. The highest BCUT2D eigenvalue weighted by Crippen LogP contribution is 2.21. The fraction of sp³-hybridized carbons (Fsp3) is 0.292. The van der Waals surface area contributed by atoms with Crippen molar-refractivity contribution in [2.45, 2.75) is 32.9 Å². The van der Waals surface area contributed by atoms with Crippen LogP contribution < -0.4 is 15.5 Å². The van der Waals surface area contributed by atoms with Crippen LogP contribution in [0, 0.1) is 6.92 Å². The van der Waals surface area contributed by atoms with Crippen molar-refractivity contribution in [1.82, 2.24) is 15.1 Å². The van der Waals surface area contributed by atoms with Gasteiger partial charge in [-0.05, 0) is 56.2 Å². The highest BCUT2D eigenvalue weighted by molar-refractivity contribution is 6.04. The van der Waals surface area contributed by atoms with Gasteiger partial charge in [-0.3, -0.25) is 14.3 Å². The molecule has 1 aromatic heterocycles. The van der Waals surface area contributed by atoms with Gasteiger partial charge in [-0.1, -0.05) is 24.3 Å². The molecule has 0 aliphatic carbocycles. The molecule has 0 radical (unpaired) electrons. The van der Waals surface area contributed by atoms with Gasteiger partial charge in [0.05, 0.1) is 0 Å². The van der Waals surface area contributed by atoms with Crippen LogP contribution in [0.3, 0.4) is 0 Å². The monoisotopic (exact) mass is 417 g/mol. The number of rotatable bonds is 6. The molecular formula is C24H27N5O2. The van der Waals surface area contributed by atoms with Crippen LogP contribution in [-0.2, 0) is 6.54 Å². The van der Waals surface area contributed by atoms with Gasteiger partial charge in [-0.2, -0.15) is 5.10 Å². The van der Waals surface area contributed by atoms with Crippen molar-refractivity contribution in [1.29, 1.82) is 0 Å². The number of hydrogen-bond donors (Lipinski definition) is 2. The fourth-order valence-electron chi connectivity index (χ4n) is 3.76. The average molecular weight is 418 g/mol. The lowest BCUT2D eigenvalue weighted by atomic mass is 10.1. The normalized spacial score (nSPS) is 15.7. The molecule has 0 saturated carbocycles. The van der Waals surface area contributed by atoms with E-state index in [0.29, 0.717) is 23.5 Å². The number of nitrogens with one attached hydrogen (secondary N) is 2. The van der Waals surface area contributed by atoms with E-state index in [2.05, 4.69) is 32.8 Å². The van der Waals surface area contributed by atoms with Gasteiger partial charge in [-0.15, -0.1) is 0 Å². The first-order chi connectivity index (χ1) is 15.0. The highest BCUT2D eigenvalue weighted by atomic mass is 16.2. The molecule has 2 aromatic carbocycles. The first-order valence-corrected chi connectivity index (χ1v) is 10.6. The van der Waals surface area contributed by atoms with Gasteiger partial charge in [-0.25, -0.2) is 0 Å². The topological polar surface area (TPSA) is 79.3 Å². The highest BCUT2D eigenvalue weighted by Gasteiger charge is 2.24. The molecule has 3 aromatic rings. The van der Waals surface area contributed by atoms with E-state index in [1.54, 1.807) is 29.1 Å². The number of para-hydroxylation sites is 1. The van der Waals surface area contributed by atoms with E-state index in [1.807, 2.05) is 38.1 Å². The van der Waals surface area contributed by atoms with Crippen LogP contribution in [0.4, 0.5) is 11.4 Å². The van der Waals surface area contributed by atoms with Crippen LogP contribution >= 0.6 is 0 Å². The summed E-state index contributed by atoms with van der Waals surface area (Å²) < 4.78 is 1.70. The fourth-order valence-corrected chi connectivity index (χ4v) is 3.76. The maximum absolute atomic E-state index is 12.8. The quantitative estimate of drug-likeness (QED) is 0.644. The predicted octanol–water partition coefficient (Wildman–Crippen LogP) is 3.47. The van der Waals surface area contributed by atoms with Gasteiger partial charge < -0.3 is 15.5 Å². The molecule has 1 aliphatic rings. The number of hydrogen-bond acceptors (Lipinski definition) is 4. The molecule has 0 spiro atoms. The number of carbonyl (C=O) groups excluding carboxylic acids is 2. The molecule has 2 N–H and O–H groups in total. The number of anilines is 2. The summed E-state index contributed by atoms with van der Waals surface area (Å²) in [7, 11) is 0. The SMILES string of the molecule is CCn1ccc(C(=O)Nc2cc(C(=O)NC3CCN(c4ccccc4)C3)ccc2C)n1. The van der Waals surface area contributed by atoms with Crippen LogP contribution in [0.2, 0.25) is 0 Å². The van der Waals surface area contributed by atoms with Crippen LogP contribution in [0.25, 0.3) is 0 Å². The van der Waals surface area contributed by atoms with E-state index < -0.39 is 0 Å². The number of benzene rings is 2. The second-order valence-electron chi connectivity index (χ2n) is 7.78. The lowest BCUT2D eigenvalue weighted by Gasteiger charge is -2.19. The summed E-state index contributed by atoms with van der Waals surface area (Å²) >= 11 is 0.